The topological polar surface area (TPSA) is 94.1 Å². The maximum absolute atomic E-state index is 6.19. The highest BCUT2D eigenvalue weighted by atomic mass is 35.5. The quantitative estimate of drug-likeness (QED) is 0.572. The van der Waals surface area contributed by atoms with E-state index in [2.05, 4.69) is 39.2 Å². The van der Waals surface area contributed by atoms with Crippen molar-refractivity contribution in [3.63, 3.8) is 0 Å². The molecule has 9 nitrogen and oxygen atoms in total. The van der Waals surface area contributed by atoms with E-state index < -0.39 is 0 Å². The van der Waals surface area contributed by atoms with Crippen LogP contribution in [0.4, 0.5) is 12.0 Å². The number of rotatable bonds is 6. The molecule has 5 rings (SSSR count). The molecule has 2 fully saturated rings. The molecule has 0 amide bonds. The SMILES string of the molecule is Cc1cc(Cl)cc(Oc2nc(N[C@@H]3[C@@H]4CC[C@H]3CN(c3nc(C)no3)C4)nn2C(C)C)c1. The molecule has 2 aromatic heterocycles. The molecular formula is C22H28ClN7O2. The van der Waals surface area contributed by atoms with Crippen LogP contribution in [0.1, 0.15) is 44.1 Å². The van der Waals surface area contributed by atoms with E-state index in [0.717, 1.165) is 31.5 Å². The number of anilines is 2. The summed E-state index contributed by atoms with van der Waals surface area (Å²) in [5.41, 5.74) is 1.03. The number of hydrogen-bond acceptors (Lipinski definition) is 8. The van der Waals surface area contributed by atoms with Crippen LogP contribution < -0.4 is 15.0 Å². The van der Waals surface area contributed by atoms with Crippen molar-refractivity contribution in [2.24, 2.45) is 11.8 Å². The Morgan fingerprint density at radius 2 is 1.88 bits per heavy atom. The first kappa shape index (κ1) is 21.1. The number of aromatic nitrogens is 5. The number of hydrogen-bond donors (Lipinski definition) is 1. The van der Waals surface area contributed by atoms with Gasteiger partial charge in [-0.15, -0.1) is 5.10 Å². The minimum atomic E-state index is 0.104. The fourth-order valence-electron chi connectivity index (χ4n) is 4.82. The van der Waals surface area contributed by atoms with E-state index in [1.165, 1.54) is 0 Å². The molecule has 3 aromatic rings. The lowest BCUT2D eigenvalue weighted by Gasteiger charge is -2.37. The molecule has 2 aliphatic rings. The first-order valence-corrected chi connectivity index (χ1v) is 11.5. The van der Waals surface area contributed by atoms with Crippen LogP contribution in [-0.2, 0) is 0 Å². The number of fused-ring (bicyclic) bond motifs is 2. The van der Waals surface area contributed by atoms with Crippen LogP contribution in [0.25, 0.3) is 0 Å². The summed E-state index contributed by atoms with van der Waals surface area (Å²) >= 11 is 6.19. The zero-order valence-corrected chi connectivity index (χ0v) is 19.5. The maximum atomic E-state index is 6.19. The third-order valence-electron chi connectivity index (χ3n) is 6.23. The second kappa shape index (κ2) is 8.27. The number of benzene rings is 1. The Hall–Kier alpha value is -2.81. The van der Waals surface area contributed by atoms with Gasteiger partial charge < -0.3 is 19.5 Å². The molecular weight excluding hydrogens is 430 g/mol. The highest BCUT2D eigenvalue weighted by Crippen LogP contribution is 2.40. The number of ether oxygens (including phenoxy) is 1. The first-order valence-electron chi connectivity index (χ1n) is 11.1. The normalized spacial score (nSPS) is 22.6. The third-order valence-corrected chi connectivity index (χ3v) is 6.45. The summed E-state index contributed by atoms with van der Waals surface area (Å²) in [6.45, 7) is 9.71. The summed E-state index contributed by atoms with van der Waals surface area (Å²) in [6.07, 6.45) is 2.31. The molecule has 10 heteroatoms. The minimum Gasteiger partial charge on any atom is -0.424 e. The van der Waals surface area contributed by atoms with Gasteiger partial charge in [0.15, 0.2) is 5.82 Å². The number of piperidine rings is 1. The summed E-state index contributed by atoms with van der Waals surface area (Å²) in [6, 6.07) is 7.10. The van der Waals surface area contributed by atoms with Crippen molar-refractivity contribution in [1.82, 2.24) is 24.9 Å². The predicted octanol–water partition coefficient (Wildman–Crippen LogP) is 4.63. The zero-order valence-electron chi connectivity index (χ0n) is 18.7. The standard InChI is InChI=1S/C22H28ClN7O2/c1-12(2)30-22(31-18-8-13(3)7-17(23)9-18)26-20(27-30)25-19-15-5-6-16(19)11-29(10-15)21-24-14(4)28-32-21/h7-9,12,15-16,19H,5-6,10-11H2,1-4H3,(H,25,27)/t15-,16+,19-. The van der Waals surface area contributed by atoms with Crippen molar-refractivity contribution in [1.29, 1.82) is 0 Å². The van der Waals surface area contributed by atoms with Gasteiger partial charge in [0.05, 0.1) is 6.04 Å². The van der Waals surface area contributed by atoms with Gasteiger partial charge in [0.1, 0.15) is 5.75 Å². The third kappa shape index (κ3) is 4.13. The van der Waals surface area contributed by atoms with Crippen LogP contribution >= 0.6 is 11.6 Å². The van der Waals surface area contributed by atoms with Gasteiger partial charge in [-0.3, -0.25) is 0 Å². The van der Waals surface area contributed by atoms with Crippen molar-refractivity contribution in [3.05, 3.63) is 34.6 Å². The van der Waals surface area contributed by atoms with Gasteiger partial charge in [0.2, 0.25) is 5.95 Å². The van der Waals surface area contributed by atoms with Gasteiger partial charge in [0.25, 0.3) is 0 Å². The zero-order chi connectivity index (χ0) is 22.4. The van der Waals surface area contributed by atoms with Crippen LogP contribution in [0.5, 0.6) is 11.8 Å². The highest BCUT2D eigenvalue weighted by molar-refractivity contribution is 6.30. The molecule has 1 aromatic carbocycles. The molecule has 1 saturated carbocycles. The van der Waals surface area contributed by atoms with E-state index in [4.69, 9.17) is 26.0 Å². The van der Waals surface area contributed by atoms with Gasteiger partial charge in [-0.2, -0.15) is 9.97 Å². The van der Waals surface area contributed by atoms with E-state index >= 15 is 0 Å². The molecule has 1 aliphatic heterocycles. The summed E-state index contributed by atoms with van der Waals surface area (Å²) in [4.78, 5) is 11.3. The average Bonchev–Trinajstić information content (AvgIpc) is 3.38. The largest absolute Gasteiger partial charge is 0.424 e. The number of halogens is 1. The Bertz CT molecular complexity index is 1080. The van der Waals surface area contributed by atoms with Crippen LogP contribution in [-0.4, -0.2) is 44.0 Å². The average molecular weight is 458 g/mol. The van der Waals surface area contributed by atoms with Crippen molar-refractivity contribution in [2.75, 3.05) is 23.3 Å². The van der Waals surface area contributed by atoms with Gasteiger partial charge in [-0.1, -0.05) is 16.8 Å². The molecule has 1 N–H and O–H groups in total. The summed E-state index contributed by atoms with van der Waals surface area (Å²) in [5.74, 6) is 2.84. The summed E-state index contributed by atoms with van der Waals surface area (Å²) < 4.78 is 13.3. The summed E-state index contributed by atoms with van der Waals surface area (Å²) in [7, 11) is 0. The Morgan fingerprint density at radius 1 is 1.12 bits per heavy atom. The molecule has 0 spiro atoms. The molecule has 1 aliphatic carbocycles. The number of nitrogens with zero attached hydrogens (tertiary/aromatic N) is 6. The molecule has 3 atom stereocenters. The molecule has 2 bridgehead atoms. The Morgan fingerprint density at radius 3 is 2.50 bits per heavy atom. The molecule has 170 valence electrons. The second-order valence-corrected chi connectivity index (χ2v) is 9.56. The van der Waals surface area contributed by atoms with E-state index in [9.17, 15) is 0 Å². The molecule has 32 heavy (non-hydrogen) atoms. The lowest BCUT2D eigenvalue weighted by Crippen LogP contribution is -2.48. The fourth-order valence-corrected chi connectivity index (χ4v) is 5.10. The summed E-state index contributed by atoms with van der Waals surface area (Å²) in [5, 5.41) is 12.9. The van der Waals surface area contributed by atoms with E-state index in [1.807, 2.05) is 26.0 Å². The molecule has 1 saturated heterocycles. The fraction of sp³-hybridized carbons (Fsp3) is 0.545. The van der Waals surface area contributed by atoms with Crippen LogP contribution in [0.15, 0.2) is 22.7 Å². The molecule has 0 unspecified atom stereocenters. The Balaban J connectivity index is 1.33. The van der Waals surface area contributed by atoms with Crippen molar-refractivity contribution in [3.8, 4) is 11.8 Å². The predicted molar refractivity (Wildman–Crippen MR) is 122 cm³/mol. The number of aryl methyl sites for hydroxylation is 2. The van der Waals surface area contributed by atoms with Crippen LogP contribution in [0.2, 0.25) is 5.02 Å². The van der Waals surface area contributed by atoms with Gasteiger partial charge in [0, 0.05) is 24.2 Å². The second-order valence-electron chi connectivity index (χ2n) is 9.12. The maximum Gasteiger partial charge on any atom is 0.324 e. The van der Waals surface area contributed by atoms with Crippen molar-refractivity contribution < 1.29 is 9.26 Å². The van der Waals surface area contributed by atoms with Crippen molar-refractivity contribution >= 4 is 23.6 Å². The molecule has 0 radical (unpaired) electrons. The van der Waals surface area contributed by atoms with E-state index in [0.29, 0.717) is 52.4 Å². The van der Waals surface area contributed by atoms with Gasteiger partial charge in [-0.05, 0) is 76.1 Å². The number of nitrogens with one attached hydrogen (secondary N) is 1. The van der Waals surface area contributed by atoms with Crippen molar-refractivity contribution in [2.45, 2.75) is 52.6 Å². The lowest BCUT2D eigenvalue weighted by molar-refractivity contribution is 0.340. The monoisotopic (exact) mass is 457 g/mol. The van der Waals surface area contributed by atoms with Crippen LogP contribution in [0, 0.1) is 25.7 Å². The highest BCUT2D eigenvalue weighted by Gasteiger charge is 2.43. The Kier molecular flexibility index (Phi) is 5.44. The minimum absolute atomic E-state index is 0.104. The molecule has 3 heterocycles. The van der Waals surface area contributed by atoms with E-state index in [-0.39, 0.29) is 6.04 Å². The van der Waals surface area contributed by atoms with Crippen LogP contribution in [0.3, 0.4) is 0 Å². The smallest absolute Gasteiger partial charge is 0.324 e. The van der Waals surface area contributed by atoms with Gasteiger partial charge >= 0.3 is 12.0 Å². The van der Waals surface area contributed by atoms with E-state index in [1.54, 1.807) is 10.7 Å². The first-order chi connectivity index (χ1) is 15.4. The van der Waals surface area contributed by atoms with Gasteiger partial charge in [-0.25, -0.2) is 4.68 Å². The Labute approximate surface area is 192 Å². The lowest BCUT2D eigenvalue weighted by atomic mass is 9.92.